The second kappa shape index (κ2) is 6.44. The van der Waals surface area contributed by atoms with Gasteiger partial charge < -0.3 is 5.32 Å². The van der Waals surface area contributed by atoms with Gasteiger partial charge in [0.25, 0.3) is 5.91 Å². The van der Waals surface area contributed by atoms with Gasteiger partial charge in [-0.25, -0.2) is 9.67 Å². The molecule has 110 valence electrons. The van der Waals surface area contributed by atoms with Crippen LogP contribution < -0.4 is 5.32 Å². The molecule has 2 heterocycles. The number of anilines is 1. The van der Waals surface area contributed by atoms with Crippen LogP contribution in [0.5, 0.6) is 0 Å². The van der Waals surface area contributed by atoms with E-state index in [2.05, 4.69) is 15.4 Å². The first-order chi connectivity index (χ1) is 10.8. The number of nitrogens with one attached hydrogen (secondary N) is 1. The molecule has 0 fully saturated rings. The van der Waals surface area contributed by atoms with Crippen LogP contribution in [-0.4, -0.2) is 26.9 Å². The molecule has 0 aliphatic heterocycles. The number of carbonyl (C=O) groups excluding carboxylic acids is 1. The van der Waals surface area contributed by atoms with Crippen molar-refractivity contribution in [3.05, 3.63) is 66.6 Å². The minimum Gasteiger partial charge on any atom is -0.319 e. The van der Waals surface area contributed by atoms with E-state index in [1.54, 1.807) is 53.2 Å². The molecule has 0 bridgehead atoms. The summed E-state index contributed by atoms with van der Waals surface area (Å²) < 4.78 is 1.62. The molecule has 1 N–H and O–H groups in total. The van der Waals surface area contributed by atoms with Crippen LogP contribution in [0, 0.1) is 0 Å². The number of hydrogen-bond acceptors (Lipinski definition) is 4. The third-order valence-electron chi connectivity index (χ3n) is 3.11. The fourth-order valence-corrected chi connectivity index (χ4v) is 2.42. The van der Waals surface area contributed by atoms with Gasteiger partial charge in [-0.2, -0.15) is 5.10 Å². The van der Waals surface area contributed by atoms with Gasteiger partial charge >= 0.3 is 0 Å². The Bertz CT molecular complexity index is 769. The number of rotatable bonds is 4. The number of pyridine rings is 1. The smallest absolute Gasteiger partial charge is 0.255 e. The Morgan fingerprint density at radius 1 is 1.14 bits per heavy atom. The molecular weight excluding hydrogens is 296 g/mol. The van der Waals surface area contributed by atoms with E-state index >= 15 is 0 Å². The highest BCUT2D eigenvalue weighted by atomic mass is 32.2. The molecule has 0 saturated carbocycles. The van der Waals surface area contributed by atoms with Gasteiger partial charge in [0.15, 0.2) is 5.82 Å². The molecule has 0 saturated heterocycles. The predicted molar refractivity (Wildman–Crippen MR) is 87.5 cm³/mol. The summed E-state index contributed by atoms with van der Waals surface area (Å²) in [5.74, 6) is 0.413. The molecule has 3 rings (SSSR count). The molecule has 3 aromatic rings. The van der Waals surface area contributed by atoms with Crippen molar-refractivity contribution >= 4 is 23.4 Å². The highest BCUT2D eigenvalue weighted by Crippen LogP contribution is 2.19. The fourth-order valence-electron chi connectivity index (χ4n) is 2.01. The van der Waals surface area contributed by atoms with Crippen LogP contribution in [0.25, 0.3) is 5.82 Å². The number of hydrogen-bond donors (Lipinski definition) is 1. The average Bonchev–Trinajstić information content (AvgIpc) is 3.10. The van der Waals surface area contributed by atoms with Crippen LogP contribution >= 0.6 is 11.8 Å². The Morgan fingerprint density at radius 2 is 1.95 bits per heavy atom. The van der Waals surface area contributed by atoms with Gasteiger partial charge in [0, 0.05) is 29.0 Å². The summed E-state index contributed by atoms with van der Waals surface area (Å²) >= 11 is 1.64. The van der Waals surface area contributed by atoms with Gasteiger partial charge in [-0.3, -0.25) is 4.79 Å². The Labute approximate surface area is 132 Å². The average molecular weight is 310 g/mol. The summed E-state index contributed by atoms with van der Waals surface area (Å²) in [6.45, 7) is 0. The lowest BCUT2D eigenvalue weighted by molar-refractivity contribution is 0.102. The largest absolute Gasteiger partial charge is 0.319 e. The molecule has 0 unspecified atom stereocenters. The molecule has 0 radical (unpaired) electrons. The number of amides is 1. The SMILES string of the molecule is CSc1ccc(C(=O)Nc2cccnc2-n2cccn2)cc1. The lowest BCUT2D eigenvalue weighted by Crippen LogP contribution is -2.14. The second-order valence-corrected chi connectivity index (χ2v) is 5.39. The number of aromatic nitrogens is 3. The molecule has 5 nitrogen and oxygen atoms in total. The van der Waals surface area contributed by atoms with E-state index in [9.17, 15) is 4.79 Å². The molecule has 1 amide bonds. The molecule has 0 aliphatic carbocycles. The lowest BCUT2D eigenvalue weighted by Gasteiger charge is -2.10. The van der Waals surface area contributed by atoms with E-state index in [0.29, 0.717) is 17.1 Å². The van der Waals surface area contributed by atoms with Crippen molar-refractivity contribution in [3.63, 3.8) is 0 Å². The van der Waals surface area contributed by atoms with Gasteiger partial charge in [-0.05, 0) is 48.7 Å². The predicted octanol–water partition coefficient (Wildman–Crippen LogP) is 3.24. The van der Waals surface area contributed by atoms with Crippen molar-refractivity contribution in [2.24, 2.45) is 0 Å². The van der Waals surface area contributed by atoms with Gasteiger partial charge in [-0.1, -0.05) is 0 Å². The van der Waals surface area contributed by atoms with Crippen molar-refractivity contribution in [1.82, 2.24) is 14.8 Å². The zero-order valence-corrected chi connectivity index (χ0v) is 12.7. The molecule has 0 aliphatic rings. The van der Waals surface area contributed by atoms with Crippen LogP contribution in [0.3, 0.4) is 0 Å². The van der Waals surface area contributed by atoms with Crippen molar-refractivity contribution in [2.75, 3.05) is 11.6 Å². The normalized spacial score (nSPS) is 10.4. The summed E-state index contributed by atoms with van der Waals surface area (Å²) in [4.78, 5) is 17.8. The summed E-state index contributed by atoms with van der Waals surface area (Å²) in [6.07, 6.45) is 7.12. The van der Waals surface area contributed by atoms with Crippen LogP contribution in [0.4, 0.5) is 5.69 Å². The van der Waals surface area contributed by atoms with Crippen molar-refractivity contribution < 1.29 is 4.79 Å². The third-order valence-corrected chi connectivity index (χ3v) is 3.85. The Balaban J connectivity index is 1.85. The van der Waals surface area contributed by atoms with E-state index in [0.717, 1.165) is 4.90 Å². The highest BCUT2D eigenvalue weighted by molar-refractivity contribution is 7.98. The van der Waals surface area contributed by atoms with Crippen molar-refractivity contribution in [3.8, 4) is 5.82 Å². The monoisotopic (exact) mass is 310 g/mol. The van der Waals surface area contributed by atoms with Gasteiger partial charge in [0.05, 0.1) is 5.69 Å². The fraction of sp³-hybridized carbons (Fsp3) is 0.0625. The van der Waals surface area contributed by atoms with Crippen LogP contribution in [0.15, 0.2) is 66.0 Å². The van der Waals surface area contributed by atoms with E-state index in [-0.39, 0.29) is 5.91 Å². The molecule has 1 aromatic carbocycles. The topological polar surface area (TPSA) is 59.8 Å². The van der Waals surface area contributed by atoms with Gasteiger partial charge in [-0.15, -0.1) is 11.8 Å². The van der Waals surface area contributed by atoms with E-state index in [1.807, 2.05) is 30.5 Å². The minimum absolute atomic E-state index is 0.172. The Hall–Kier alpha value is -2.60. The molecule has 22 heavy (non-hydrogen) atoms. The first-order valence-corrected chi connectivity index (χ1v) is 7.91. The third kappa shape index (κ3) is 3.01. The molecule has 6 heteroatoms. The summed E-state index contributed by atoms with van der Waals surface area (Å²) in [6, 6.07) is 12.9. The van der Waals surface area contributed by atoms with E-state index < -0.39 is 0 Å². The van der Waals surface area contributed by atoms with Crippen LogP contribution in [-0.2, 0) is 0 Å². The number of carbonyl (C=O) groups is 1. The maximum absolute atomic E-state index is 12.4. The van der Waals surface area contributed by atoms with Gasteiger partial charge in [0.2, 0.25) is 0 Å². The van der Waals surface area contributed by atoms with Crippen LogP contribution in [0.2, 0.25) is 0 Å². The molecule has 0 spiro atoms. The number of thioether (sulfide) groups is 1. The second-order valence-electron chi connectivity index (χ2n) is 4.51. The number of benzene rings is 1. The number of nitrogens with zero attached hydrogens (tertiary/aromatic N) is 3. The van der Waals surface area contributed by atoms with Crippen molar-refractivity contribution in [1.29, 1.82) is 0 Å². The molecular formula is C16H14N4OS. The lowest BCUT2D eigenvalue weighted by atomic mass is 10.2. The first kappa shape index (κ1) is 14.3. The zero-order chi connectivity index (χ0) is 15.4. The van der Waals surface area contributed by atoms with Gasteiger partial charge in [0.1, 0.15) is 0 Å². The van der Waals surface area contributed by atoms with E-state index in [1.165, 1.54) is 0 Å². The van der Waals surface area contributed by atoms with Crippen molar-refractivity contribution in [2.45, 2.75) is 4.90 Å². The summed E-state index contributed by atoms with van der Waals surface area (Å²) in [5, 5.41) is 7.03. The van der Waals surface area contributed by atoms with E-state index in [4.69, 9.17) is 0 Å². The first-order valence-electron chi connectivity index (χ1n) is 6.68. The maximum atomic E-state index is 12.4. The minimum atomic E-state index is -0.172. The standard InChI is InChI=1S/C16H14N4OS/c1-22-13-7-5-12(6-8-13)16(21)19-14-4-2-9-17-15(14)20-11-3-10-18-20/h2-11H,1H3,(H,19,21). The maximum Gasteiger partial charge on any atom is 0.255 e. The Morgan fingerprint density at radius 3 is 2.64 bits per heavy atom. The summed E-state index contributed by atoms with van der Waals surface area (Å²) in [5.41, 5.74) is 1.22. The van der Waals surface area contributed by atoms with Crippen LogP contribution in [0.1, 0.15) is 10.4 Å². The summed E-state index contributed by atoms with van der Waals surface area (Å²) in [7, 11) is 0. The highest BCUT2D eigenvalue weighted by Gasteiger charge is 2.11. The molecule has 0 atom stereocenters. The zero-order valence-electron chi connectivity index (χ0n) is 11.9. The quantitative estimate of drug-likeness (QED) is 0.752. The molecule has 2 aromatic heterocycles. The Kier molecular flexibility index (Phi) is 4.20.